The van der Waals surface area contributed by atoms with Crippen molar-refractivity contribution in [1.29, 1.82) is 0 Å². The molecule has 0 radical (unpaired) electrons. The highest BCUT2D eigenvalue weighted by Crippen LogP contribution is 2.16. The summed E-state index contributed by atoms with van der Waals surface area (Å²) in [7, 11) is 8.78. The summed E-state index contributed by atoms with van der Waals surface area (Å²) in [5.41, 5.74) is 1.45. The van der Waals surface area contributed by atoms with Crippen molar-refractivity contribution in [3.63, 3.8) is 0 Å². The van der Waals surface area contributed by atoms with E-state index in [0.29, 0.717) is 5.92 Å². The van der Waals surface area contributed by atoms with E-state index in [-0.39, 0.29) is 12.4 Å². The Balaban J connectivity index is -0.000000189. The molecule has 0 N–H and O–H groups in total. The standard InChI is InChI=1S/C10H14.C8H21N2.C6H6.2C5H12.ClH/c1-3-9(2)10-7-5-4-6-8-10;1-6-10(4,5)8-7-9(2)3;1-2-4-6-5-3-1;2*1-4-5(2)3;/h4-9H,3H2,1-2H3;6-8H2,1-5H3;1-6H;2*5H,4H2,1-3H3;1H/q;+1;;;;/p-1. The Hall–Kier alpha value is -1.35. The largest absolute Gasteiger partial charge is 1.00 e. The summed E-state index contributed by atoms with van der Waals surface area (Å²) >= 11 is 0. The van der Waals surface area contributed by atoms with E-state index in [0.717, 1.165) is 16.3 Å². The Bertz CT molecular complexity index is 605. The Morgan fingerprint density at radius 1 is 0.622 bits per heavy atom. The van der Waals surface area contributed by atoms with Gasteiger partial charge < -0.3 is 21.8 Å². The quantitative estimate of drug-likeness (QED) is 0.342. The van der Waals surface area contributed by atoms with Gasteiger partial charge in [0.15, 0.2) is 0 Å². The zero-order chi connectivity index (χ0) is 28.4. The van der Waals surface area contributed by atoms with Crippen LogP contribution in [0.1, 0.15) is 93.1 Å². The van der Waals surface area contributed by atoms with Crippen LogP contribution in [0.3, 0.4) is 0 Å². The lowest BCUT2D eigenvalue weighted by Gasteiger charge is -2.29. The number of benzene rings is 2. The fraction of sp³-hybridized carbons (Fsp3) is 0.647. The Morgan fingerprint density at radius 2 is 0.946 bits per heavy atom. The van der Waals surface area contributed by atoms with Gasteiger partial charge in [-0.15, -0.1) is 0 Å². The van der Waals surface area contributed by atoms with Crippen LogP contribution < -0.4 is 12.4 Å². The van der Waals surface area contributed by atoms with E-state index in [9.17, 15) is 0 Å². The summed E-state index contributed by atoms with van der Waals surface area (Å²) in [6.45, 7) is 23.6. The Kier molecular flexibility index (Phi) is 33.7. The lowest BCUT2D eigenvalue weighted by atomic mass is 9.99. The zero-order valence-corrected chi connectivity index (χ0v) is 27.9. The van der Waals surface area contributed by atoms with Gasteiger partial charge in [-0.2, -0.15) is 0 Å². The average Bonchev–Trinajstić information content (AvgIpc) is 2.90. The molecule has 2 nitrogen and oxygen atoms in total. The molecule has 0 saturated heterocycles. The number of rotatable bonds is 8. The van der Waals surface area contributed by atoms with Gasteiger partial charge in [-0.1, -0.05) is 135 Å². The molecule has 3 heteroatoms. The summed E-state index contributed by atoms with van der Waals surface area (Å²) in [6.07, 6.45) is 3.84. The number of quaternary nitrogens is 1. The molecule has 218 valence electrons. The molecule has 0 bridgehead atoms. The van der Waals surface area contributed by atoms with Crippen LogP contribution in [0.25, 0.3) is 0 Å². The maximum absolute atomic E-state index is 2.27. The first-order valence-corrected chi connectivity index (χ1v) is 14.4. The van der Waals surface area contributed by atoms with Crippen LogP contribution in [-0.2, 0) is 0 Å². The molecule has 0 spiro atoms. The molecule has 1 atom stereocenters. The van der Waals surface area contributed by atoms with Crippen molar-refractivity contribution in [2.45, 2.75) is 87.5 Å². The molecule has 1 unspecified atom stereocenters. The molecule has 0 saturated carbocycles. The maximum Gasteiger partial charge on any atom is 0.0911 e. The number of nitrogens with zero attached hydrogens (tertiary/aromatic N) is 2. The first kappa shape index (κ1) is 42.7. The minimum atomic E-state index is 0. The maximum atomic E-state index is 2.27. The molecule has 0 amide bonds. The van der Waals surface area contributed by atoms with E-state index in [1.165, 1.54) is 44.5 Å². The third-order valence-corrected chi connectivity index (χ3v) is 6.29. The Labute approximate surface area is 240 Å². The van der Waals surface area contributed by atoms with Crippen LogP contribution in [0.5, 0.6) is 0 Å². The third kappa shape index (κ3) is 36.9. The normalized spacial score (nSPS) is 10.8. The summed E-state index contributed by atoms with van der Waals surface area (Å²) < 4.78 is 1.12. The van der Waals surface area contributed by atoms with Gasteiger partial charge in [0.2, 0.25) is 0 Å². The smallest absolute Gasteiger partial charge is 0.0911 e. The number of hydrogen-bond acceptors (Lipinski definition) is 1. The van der Waals surface area contributed by atoms with Crippen LogP contribution in [0, 0.1) is 11.8 Å². The van der Waals surface area contributed by atoms with Crippen molar-refractivity contribution < 1.29 is 16.9 Å². The van der Waals surface area contributed by atoms with Crippen LogP contribution >= 0.6 is 0 Å². The first-order chi connectivity index (χ1) is 16.9. The molecule has 2 aromatic carbocycles. The number of hydrogen-bond donors (Lipinski definition) is 0. The van der Waals surface area contributed by atoms with Gasteiger partial charge in [0.05, 0.1) is 27.2 Å². The fourth-order valence-electron chi connectivity index (χ4n) is 2.03. The van der Waals surface area contributed by atoms with Crippen molar-refractivity contribution in [2.75, 3.05) is 47.8 Å². The minimum absolute atomic E-state index is 0. The minimum Gasteiger partial charge on any atom is -1.00 e. The molecule has 0 aromatic heterocycles. The van der Waals surface area contributed by atoms with Gasteiger partial charge in [0.1, 0.15) is 0 Å². The van der Waals surface area contributed by atoms with E-state index in [4.69, 9.17) is 0 Å². The van der Waals surface area contributed by atoms with Crippen molar-refractivity contribution >= 4 is 0 Å². The van der Waals surface area contributed by atoms with Crippen molar-refractivity contribution in [3.05, 3.63) is 72.3 Å². The molecule has 37 heavy (non-hydrogen) atoms. The van der Waals surface area contributed by atoms with Crippen LogP contribution in [-0.4, -0.2) is 57.2 Å². The molecule has 0 aliphatic carbocycles. The van der Waals surface area contributed by atoms with E-state index in [1.54, 1.807) is 0 Å². The van der Waals surface area contributed by atoms with Gasteiger partial charge >= 0.3 is 0 Å². The molecular formula is C34H65ClN2. The van der Waals surface area contributed by atoms with Gasteiger partial charge in [0.25, 0.3) is 0 Å². The van der Waals surface area contributed by atoms with E-state index < -0.39 is 0 Å². The zero-order valence-electron chi connectivity index (χ0n) is 27.1. The summed E-state index contributed by atoms with van der Waals surface area (Å²) in [6, 6.07) is 22.6. The van der Waals surface area contributed by atoms with E-state index in [1.807, 2.05) is 36.4 Å². The van der Waals surface area contributed by atoms with Crippen molar-refractivity contribution in [1.82, 2.24) is 4.90 Å². The molecule has 0 aliphatic rings. The highest BCUT2D eigenvalue weighted by molar-refractivity contribution is 5.18. The van der Waals surface area contributed by atoms with E-state index >= 15 is 0 Å². The lowest BCUT2D eigenvalue weighted by Crippen LogP contribution is -3.00. The second-order valence-electron chi connectivity index (χ2n) is 11.3. The van der Waals surface area contributed by atoms with Gasteiger partial charge in [-0.25, -0.2) is 0 Å². The summed E-state index contributed by atoms with van der Waals surface area (Å²) in [4.78, 5) is 2.23. The highest BCUT2D eigenvalue weighted by Gasteiger charge is 2.10. The highest BCUT2D eigenvalue weighted by atomic mass is 35.5. The summed E-state index contributed by atoms with van der Waals surface area (Å²) in [5.74, 6) is 2.48. The number of likely N-dealkylation sites (N-methyl/N-ethyl adjacent to an activating group) is 2. The predicted molar refractivity (Wildman–Crippen MR) is 168 cm³/mol. The summed E-state index contributed by atoms with van der Waals surface area (Å²) in [5, 5.41) is 0. The van der Waals surface area contributed by atoms with Crippen molar-refractivity contribution in [3.8, 4) is 0 Å². The molecular weight excluding hydrogens is 472 g/mol. The topological polar surface area (TPSA) is 3.24 Å². The van der Waals surface area contributed by atoms with Gasteiger partial charge in [0, 0.05) is 6.54 Å². The second-order valence-corrected chi connectivity index (χ2v) is 11.3. The average molecular weight is 537 g/mol. The molecule has 0 aliphatic heterocycles. The van der Waals surface area contributed by atoms with Crippen molar-refractivity contribution in [2.24, 2.45) is 11.8 Å². The van der Waals surface area contributed by atoms with Crippen LogP contribution in [0.2, 0.25) is 0 Å². The van der Waals surface area contributed by atoms with Gasteiger partial charge in [-0.05, 0) is 50.8 Å². The Morgan fingerprint density at radius 3 is 1.19 bits per heavy atom. The predicted octanol–water partition coefficient (Wildman–Crippen LogP) is 6.64. The fourth-order valence-corrected chi connectivity index (χ4v) is 2.03. The molecule has 2 aromatic rings. The van der Waals surface area contributed by atoms with Crippen LogP contribution in [0.15, 0.2) is 66.7 Å². The number of halogens is 1. The first-order valence-electron chi connectivity index (χ1n) is 14.4. The lowest BCUT2D eigenvalue weighted by molar-refractivity contribution is -0.887. The molecule has 0 heterocycles. The third-order valence-electron chi connectivity index (χ3n) is 6.29. The van der Waals surface area contributed by atoms with Crippen LogP contribution in [0.4, 0.5) is 0 Å². The molecule has 0 fully saturated rings. The SMILES string of the molecule is CCC(C)C.CCC(C)C.CCC(C)c1ccccc1.CC[N+](C)(C)CCN(C)C.[Cl-].c1ccccc1. The van der Waals surface area contributed by atoms with E-state index in [2.05, 4.69) is 126 Å². The second kappa shape index (κ2) is 29.2. The monoisotopic (exact) mass is 536 g/mol. The molecule has 2 rings (SSSR count). The van der Waals surface area contributed by atoms with Gasteiger partial charge in [-0.3, -0.25) is 0 Å².